The lowest BCUT2D eigenvalue weighted by Crippen LogP contribution is -2.42. The van der Waals surface area contributed by atoms with Gasteiger partial charge in [0.25, 0.3) is 0 Å². The van der Waals surface area contributed by atoms with E-state index in [9.17, 15) is 0 Å². The summed E-state index contributed by atoms with van der Waals surface area (Å²) in [6.07, 6.45) is 18.3. The third-order valence-electron chi connectivity index (χ3n) is 4.54. The minimum Gasteiger partial charge on any atom is -0.303 e. The van der Waals surface area contributed by atoms with Crippen molar-refractivity contribution >= 4 is 0 Å². The summed E-state index contributed by atoms with van der Waals surface area (Å²) in [5.41, 5.74) is 0. The SMILES string of the molecule is C#CCNC1CCCCC1C1CCCCC1. The molecule has 0 spiro atoms. The van der Waals surface area contributed by atoms with Crippen LogP contribution in [-0.4, -0.2) is 12.6 Å². The molecule has 0 heterocycles. The highest BCUT2D eigenvalue weighted by molar-refractivity contribution is 4.92. The summed E-state index contributed by atoms with van der Waals surface area (Å²) in [5.74, 6) is 4.64. The maximum atomic E-state index is 5.36. The summed E-state index contributed by atoms with van der Waals surface area (Å²) < 4.78 is 0. The van der Waals surface area contributed by atoms with Gasteiger partial charge in [0.05, 0.1) is 6.54 Å². The highest BCUT2D eigenvalue weighted by Crippen LogP contribution is 2.38. The second-order valence-corrected chi connectivity index (χ2v) is 5.54. The fourth-order valence-corrected chi connectivity index (χ4v) is 3.73. The highest BCUT2D eigenvalue weighted by Gasteiger charge is 2.31. The van der Waals surface area contributed by atoms with Gasteiger partial charge in [0.1, 0.15) is 0 Å². The number of nitrogens with one attached hydrogen (secondary N) is 1. The Bertz CT molecular complexity index is 234. The molecule has 0 bridgehead atoms. The molecule has 0 aromatic carbocycles. The molecule has 2 rings (SSSR count). The first-order chi connectivity index (χ1) is 7.92. The van der Waals surface area contributed by atoms with Crippen molar-refractivity contribution in [1.29, 1.82) is 0 Å². The van der Waals surface area contributed by atoms with Gasteiger partial charge in [-0.25, -0.2) is 0 Å². The highest BCUT2D eigenvalue weighted by atomic mass is 14.9. The molecule has 0 aromatic heterocycles. The zero-order valence-electron chi connectivity index (χ0n) is 10.4. The zero-order valence-corrected chi connectivity index (χ0v) is 10.4. The molecule has 2 aliphatic rings. The second-order valence-electron chi connectivity index (χ2n) is 5.54. The smallest absolute Gasteiger partial charge is 0.0576 e. The number of hydrogen-bond acceptors (Lipinski definition) is 1. The van der Waals surface area contributed by atoms with E-state index >= 15 is 0 Å². The molecule has 2 aliphatic carbocycles. The van der Waals surface area contributed by atoms with E-state index in [0.29, 0.717) is 6.04 Å². The molecule has 0 radical (unpaired) electrons. The molecule has 1 N–H and O–H groups in total. The molecule has 0 amide bonds. The Morgan fingerprint density at radius 1 is 0.938 bits per heavy atom. The van der Waals surface area contributed by atoms with Crippen LogP contribution in [-0.2, 0) is 0 Å². The van der Waals surface area contributed by atoms with Crippen molar-refractivity contribution in [3.05, 3.63) is 0 Å². The van der Waals surface area contributed by atoms with Crippen molar-refractivity contribution in [2.45, 2.75) is 63.8 Å². The third kappa shape index (κ3) is 3.01. The van der Waals surface area contributed by atoms with Gasteiger partial charge in [-0.3, -0.25) is 0 Å². The Labute approximate surface area is 100 Å². The number of hydrogen-bond donors (Lipinski definition) is 1. The molecule has 16 heavy (non-hydrogen) atoms. The molecule has 0 aromatic rings. The van der Waals surface area contributed by atoms with E-state index in [0.717, 1.165) is 18.4 Å². The summed E-state index contributed by atoms with van der Waals surface area (Å²) in [4.78, 5) is 0. The lowest BCUT2D eigenvalue weighted by Gasteiger charge is -2.39. The minimum absolute atomic E-state index is 0.716. The Balaban J connectivity index is 1.89. The van der Waals surface area contributed by atoms with Crippen molar-refractivity contribution in [2.75, 3.05) is 6.54 Å². The van der Waals surface area contributed by atoms with Crippen molar-refractivity contribution in [3.63, 3.8) is 0 Å². The molecular weight excluding hydrogens is 194 g/mol. The fourth-order valence-electron chi connectivity index (χ4n) is 3.73. The van der Waals surface area contributed by atoms with Gasteiger partial charge in [-0.05, 0) is 24.7 Å². The van der Waals surface area contributed by atoms with Gasteiger partial charge in [-0.15, -0.1) is 6.42 Å². The maximum absolute atomic E-state index is 5.36. The van der Waals surface area contributed by atoms with Crippen LogP contribution < -0.4 is 5.32 Å². The first kappa shape index (κ1) is 12.0. The van der Waals surface area contributed by atoms with Gasteiger partial charge < -0.3 is 5.32 Å². The maximum Gasteiger partial charge on any atom is 0.0576 e. The molecular formula is C15H25N. The van der Waals surface area contributed by atoms with E-state index in [1.165, 1.54) is 57.8 Å². The van der Waals surface area contributed by atoms with Crippen LogP contribution in [0.3, 0.4) is 0 Å². The Morgan fingerprint density at radius 2 is 1.62 bits per heavy atom. The van der Waals surface area contributed by atoms with Crippen LogP contribution in [0.4, 0.5) is 0 Å². The van der Waals surface area contributed by atoms with Crippen LogP contribution in [0.25, 0.3) is 0 Å². The van der Waals surface area contributed by atoms with E-state index < -0.39 is 0 Å². The fraction of sp³-hybridized carbons (Fsp3) is 0.867. The van der Waals surface area contributed by atoms with E-state index in [1.54, 1.807) is 0 Å². The summed E-state index contributed by atoms with van der Waals surface area (Å²) in [5, 5.41) is 3.58. The second kappa shape index (κ2) is 6.30. The predicted octanol–water partition coefficient (Wildman–Crippen LogP) is 3.35. The van der Waals surface area contributed by atoms with Gasteiger partial charge in [0.2, 0.25) is 0 Å². The van der Waals surface area contributed by atoms with E-state index in [2.05, 4.69) is 11.2 Å². The summed E-state index contributed by atoms with van der Waals surface area (Å²) in [6.45, 7) is 0.758. The normalized spacial score (nSPS) is 32.2. The topological polar surface area (TPSA) is 12.0 Å². The van der Waals surface area contributed by atoms with Crippen LogP contribution in [0.15, 0.2) is 0 Å². The van der Waals surface area contributed by atoms with E-state index in [-0.39, 0.29) is 0 Å². The number of terminal acetylenes is 1. The molecule has 0 saturated heterocycles. The average Bonchev–Trinajstić information content (AvgIpc) is 2.38. The van der Waals surface area contributed by atoms with Crippen molar-refractivity contribution < 1.29 is 0 Å². The van der Waals surface area contributed by atoms with Gasteiger partial charge in [-0.1, -0.05) is 50.9 Å². The van der Waals surface area contributed by atoms with Crippen molar-refractivity contribution in [2.24, 2.45) is 11.8 Å². The average molecular weight is 219 g/mol. The van der Waals surface area contributed by atoms with Gasteiger partial charge in [-0.2, -0.15) is 0 Å². The summed E-state index contributed by atoms with van der Waals surface area (Å²) in [6, 6.07) is 0.716. The molecule has 90 valence electrons. The molecule has 0 aliphatic heterocycles. The van der Waals surface area contributed by atoms with E-state index in [1.807, 2.05) is 0 Å². The Morgan fingerprint density at radius 3 is 2.38 bits per heavy atom. The Kier molecular flexibility index (Phi) is 4.72. The molecule has 1 heteroatoms. The van der Waals surface area contributed by atoms with Crippen LogP contribution in [0.2, 0.25) is 0 Å². The van der Waals surface area contributed by atoms with Crippen molar-refractivity contribution in [3.8, 4) is 12.3 Å². The van der Waals surface area contributed by atoms with Crippen LogP contribution >= 0.6 is 0 Å². The van der Waals surface area contributed by atoms with Crippen LogP contribution in [0.5, 0.6) is 0 Å². The van der Waals surface area contributed by atoms with Gasteiger partial charge >= 0.3 is 0 Å². The lowest BCUT2D eigenvalue weighted by molar-refractivity contribution is 0.153. The molecule has 2 saturated carbocycles. The van der Waals surface area contributed by atoms with E-state index in [4.69, 9.17) is 6.42 Å². The van der Waals surface area contributed by atoms with Gasteiger partial charge in [0, 0.05) is 6.04 Å². The largest absolute Gasteiger partial charge is 0.303 e. The number of rotatable bonds is 3. The standard InChI is InChI=1S/C15H25N/c1-2-12-16-15-11-7-6-10-14(15)13-8-4-3-5-9-13/h1,13-16H,3-12H2. The molecule has 2 fully saturated rings. The third-order valence-corrected chi connectivity index (χ3v) is 4.54. The Hall–Kier alpha value is -0.480. The summed E-state index contributed by atoms with van der Waals surface area (Å²) >= 11 is 0. The minimum atomic E-state index is 0.716. The quantitative estimate of drug-likeness (QED) is 0.718. The van der Waals surface area contributed by atoms with Crippen molar-refractivity contribution in [1.82, 2.24) is 5.32 Å². The first-order valence-corrected chi connectivity index (χ1v) is 7.08. The molecule has 2 atom stereocenters. The summed E-state index contributed by atoms with van der Waals surface area (Å²) in [7, 11) is 0. The zero-order chi connectivity index (χ0) is 11.2. The van der Waals surface area contributed by atoms with Crippen LogP contribution in [0.1, 0.15) is 57.8 Å². The monoisotopic (exact) mass is 219 g/mol. The van der Waals surface area contributed by atoms with Crippen LogP contribution in [0, 0.1) is 24.2 Å². The van der Waals surface area contributed by atoms with Gasteiger partial charge in [0.15, 0.2) is 0 Å². The molecule has 1 nitrogen and oxygen atoms in total. The lowest BCUT2D eigenvalue weighted by atomic mass is 9.71. The predicted molar refractivity (Wildman–Crippen MR) is 69.2 cm³/mol. The molecule has 2 unspecified atom stereocenters. The first-order valence-electron chi connectivity index (χ1n) is 7.08.